The highest BCUT2D eigenvalue weighted by Gasteiger charge is 2.38. The summed E-state index contributed by atoms with van der Waals surface area (Å²) in [5, 5.41) is 4.05. The molecule has 3 aromatic carbocycles. The van der Waals surface area contributed by atoms with Gasteiger partial charge in [-0.15, -0.1) is 0 Å². The highest BCUT2D eigenvalue weighted by atomic mass is 28.4. The minimum atomic E-state index is -1.89. The molecule has 0 fully saturated rings. The van der Waals surface area contributed by atoms with Gasteiger partial charge in [-0.05, 0) is 54.6 Å². The molecule has 0 aromatic heterocycles. The minimum absolute atomic E-state index is 0.131. The Balaban J connectivity index is 1.58. The molecule has 1 N–H and O–H groups in total. The molecule has 0 amide bonds. The van der Waals surface area contributed by atoms with Crippen molar-refractivity contribution in [3.05, 3.63) is 108 Å². The summed E-state index contributed by atoms with van der Waals surface area (Å²) < 4.78 is 6.74. The van der Waals surface area contributed by atoms with Crippen LogP contribution in [0.3, 0.4) is 0 Å². The second-order valence-corrected chi connectivity index (χ2v) is 16.9. The molecule has 0 bridgehead atoms. The fraction of sp³-hybridized carbons (Fsp3) is 0.424. The molecule has 202 valence electrons. The Labute approximate surface area is 231 Å². The lowest BCUT2D eigenvalue weighted by Crippen LogP contribution is -2.50. The first-order chi connectivity index (χ1) is 18.1. The van der Waals surface area contributed by atoms with E-state index in [1.165, 1.54) is 16.7 Å². The smallest absolute Gasteiger partial charge is 0.195 e. The number of rotatable bonds is 10. The minimum Gasteiger partial charge on any atom is -0.415 e. The number of nitrogens with zero attached hydrogens (tertiary/aromatic N) is 2. The maximum Gasteiger partial charge on any atom is 0.195 e. The van der Waals surface area contributed by atoms with E-state index in [1.54, 1.807) is 0 Å². The van der Waals surface area contributed by atoms with Crippen LogP contribution in [0.4, 0.5) is 0 Å². The summed E-state index contributed by atoms with van der Waals surface area (Å²) in [4.78, 5) is 7.72. The molecule has 3 atom stereocenters. The molecule has 1 aliphatic heterocycles. The Hall–Kier alpha value is -2.89. The summed E-state index contributed by atoms with van der Waals surface area (Å²) in [7, 11) is -1.89. The summed E-state index contributed by atoms with van der Waals surface area (Å²) >= 11 is 0. The average molecular weight is 528 g/mol. The first-order valence-electron chi connectivity index (χ1n) is 14.0. The van der Waals surface area contributed by atoms with E-state index in [-0.39, 0.29) is 23.2 Å². The predicted molar refractivity (Wildman–Crippen MR) is 163 cm³/mol. The largest absolute Gasteiger partial charge is 0.415 e. The van der Waals surface area contributed by atoms with Crippen molar-refractivity contribution in [3.63, 3.8) is 0 Å². The Bertz CT molecular complexity index is 1160. The van der Waals surface area contributed by atoms with Crippen LogP contribution in [0, 0.1) is 0 Å². The topological polar surface area (TPSA) is 36.9 Å². The van der Waals surface area contributed by atoms with Gasteiger partial charge in [-0.2, -0.15) is 0 Å². The van der Waals surface area contributed by atoms with Gasteiger partial charge >= 0.3 is 0 Å². The van der Waals surface area contributed by atoms with Gasteiger partial charge in [-0.25, -0.2) is 4.99 Å². The van der Waals surface area contributed by atoms with E-state index in [0.717, 1.165) is 25.3 Å². The van der Waals surface area contributed by atoms with E-state index in [0.29, 0.717) is 6.61 Å². The van der Waals surface area contributed by atoms with E-state index in [9.17, 15) is 0 Å². The van der Waals surface area contributed by atoms with Gasteiger partial charge < -0.3 is 14.6 Å². The number of benzene rings is 3. The molecule has 5 heteroatoms. The second kappa shape index (κ2) is 12.3. The summed E-state index contributed by atoms with van der Waals surface area (Å²) in [5.74, 6) is 0.988. The van der Waals surface area contributed by atoms with E-state index in [1.807, 2.05) is 0 Å². The van der Waals surface area contributed by atoms with Gasteiger partial charge in [0.2, 0.25) is 0 Å². The summed E-state index contributed by atoms with van der Waals surface area (Å²) in [6, 6.07) is 32.8. The van der Waals surface area contributed by atoms with Crippen molar-refractivity contribution in [1.82, 2.24) is 10.2 Å². The monoisotopic (exact) mass is 527 g/mol. The third-order valence-corrected chi connectivity index (χ3v) is 12.7. The maximum atomic E-state index is 6.74. The van der Waals surface area contributed by atoms with Crippen molar-refractivity contribution in [2.75, 3.05) is 13.2 Å². The van der Waals surface area contributed by atoms with Crippen LogP contribution in [0.15, 0.2) is 96.0 Å². The number of nitrogens with one attached hydrogen (secondary N) is 1. The third-order valence-electron chi connectivity index (χ3n) is 8.16. The third kappa shape index (κ3) is 7.36. The Morgan fingerprint density at radius 2 is 1.45 bits per heavy atom. The Morgan fingerprint density at radius 1 is 0.895 bits per heavy atom. The van der Waals surface area contributed by atoms with Crippen LogP contribution in [0.1, 0.15) is 50.4 Å². The molecule has 0 radical (unpaired) electrons. The van der Waals surface area contributed by atoms with Gasteiger partial charge in [-0.1, -0.05) is 112 Å². The van der Waals surface area contributed by atoms with Gasteiger partial charge in [0.1, 0.15) is 0 Å². The molecule has 0 saturated heterocycles. The van der Waals surface area contributed by atoms with Gasteiger partial charge in [0.05, 0.1) is 24.7 Å². The molecule has 4 nitrogen and oxygen atoms in total. The first kappa shape index (κ1) is 28.1. The number of hydrogen-bond donors (Lipinski definition) is 1. The predicted octanol–water partition coefficient (Wildman–Crippen LogP) is 7.25. The van der Waals surface area contributed by atoms with Gasteiger partial charge in [0, 0.05) is 6.54 Å². The van der Waals surface area contributed by atoms with Crippen molar-refractivity contribution in [2.45, 2.75) is 76.8 Å². The molecule has 0 aliphatic carbocycles. The quantitative estimate of drug-likeness (QED) is 0.282. The highest BCUT2D eigenvalue weighted by Crippen LogP contribution is 2.36. The molecular formula is C33H45N3OSi. The van der Waals surface area contributed by atoms with Crippen molar-refractivity contribution in [3.8, 4) is 0 Å². The van der Waals surface area contributed by atoms with Crippen LogP contribution in [-0.4, -0.2) is 44.4 Å². The molecular weight excluding hydrogens is 482 g/mol. The zero-order valence-electron chi connectivity index (χ0n) is 24.0. The average Bonchev–Trinajstić information content (AvgIpc) is 3.29. The van der Waals surface area contributed by atoms with Crippen LogP contribution < -0.4 is 5.32 Å². The molecule has 1 heterocycles. The van der Waals surface area contributed by atoms with E-state index < -0.39 is 8.32 Å². The van der Waals surface area contributed by atoms with E-state index in [4.69, 9.17) is 9.42 Å². The summed E-state index contributed by atoms with van der Waals surface area (Å²) in [6.07, 6.45) is 1.83. The van der Waals surface area contributed by atoms with Crippen LogP contribution in [0.2, 0.25) is 18.1 Å². The van der Waals surface area contributed by atoms with Crippen molar-refractivity contribution < 1.29 is 4.43 Å². The van der Waals surface area contributed by atoms with E-state index >= 15 is 0 Å². The number of aliphatic imine (C=N–C) groups is 1. The van der Waals surface area contributed by atoms with Gasteiger partial charge in [0.15, 0.2) is 14.3 Å². The normalized spacial score (nSPS) is 17.7. The molecule has 0 unspecified atom stereocenters. The maximum absolute atomic E-state index is 6.74. The van der Waals surface area contributed by atoms with Gasteiger partial charge in [-0.3, -0.25) is 0 Å². The molecule has 0 spiro atoms. The second-order valence-electron chi connectivity index (χ2n) is 12.1. The molecule has 38 heavy (non-hydrogen) atoms. The van der Waals surface area contributed by atoms with Crippen molar-refractivity contribution in [1.29, 1.82) is 0 Å². The lowest BCUT2D eigenvalue weighted by Gasteiger charge is -2.38. The molecule has 0 saturated carbocycles. The lowest BCUT2D eigenvalue weighted by atomic mass is 10.0. The van der Waals surface area contributed by atoms with Crippen molar-refractivity contribution >= 4 is 14.3 Å². The first-order valence-corrected chi connectivity index (χ1v) is 16.9. The zero-order valence-corrected chi connectivity index (χ0v) is 25.0. The fourth-order valence-corrected chi connectivity index (χ4v) is 5.78. The lowest BCUT2D eigenvalue weighted by molar-refractivity contribution is 0.247. The SMILES string of the molecule is C[C@@H](c1ccccc1)N1C[C@H](Cc2ccccc2)N=C1N[C@H](CO[Si](C)(C)C(C)(C)C)Cc1ccccc1. The molecule has 3 aromatic rings. The van der Waals surface area contributed by atoms with Crippen LogP contribution in [0.5, 0.6) is 0 Å². The van der Waals surface area contributed by atoms with Crippen LogP contribution in [-0.2, 0) is 17.3 Å². The van der Waals surface area contributed by atoms with Crippen molar-refractivity contribution in [2.24, 2.45) is 4.99 Å². The fourth-order valence-electron chi connectivity index (χ4n) is 4.73. The zero-order chi connectivity index (χ0) is 27.2. The molecule has 1 aliphatic rings. The van der Waals surface area contributed by atoms with Crippen LogP contribution in [0.25, 0.3) is 0 Å². The van der Waals surface area contributed by atoms with Gasteiger partial charge in [0.25, 0.3) is 0 Å². The summed E-state index contributed by atoms with van der Waals surface area (Å²) in [6.45, 7) is 15.4. The number of hydrogen-bond acceptors (Lipinski definition) is 4. The van der Waals surface area contributed by atoms with E-state index in [2.05, 4.69) is 142 Å². The Kier molecular flexibility index (Phi) is 9.11. The summed E-state index contributed by atoms with van der Waals surface area (Å²) in [5.41, 5.74) is 3.95. The standard InChI is InChI=1S/C33H45N3OSi/c1-26(29-20-14-9-15-21-29)36-24-30(22-27-16-10-7-11-17-27)34-32(36)35-31(23-28-18-12-8-13-19-28)25-37-38(5,6)33(2,3)4/h7-21,26,30-31H,22-25H2,1-6H3,(H,34,35)/t26-,30-,31-/m0/s1. The van der Waals surface area contributed by atoms with Crippen LogP contribution >= 0.6 is 0 Å². The Morgan fingerprint density at radius 3 is 2.03 bits per heavy atom. The molecule has 4 rings (SSSR count). The highest BCUT2D eigenvalue weighted by molar-refractivity contribution is 6.74. The number of guanidine groups is 1.